The maximum atomic E-state index is 11.4. The van der Waals surface area contributed by atoms with Crippen LogP contribution in [-0.4, -0.2) is 32.5 Å². The van der Waals surface area contributed by atoms with E-state index in [9.17, 15) is 13.2 Å². The molecule has 0 saturated heterocycles. The third kappa shape index (κ3) is 2.77. The monoisotopic (exact) mass is 271 g/mol. The van der Waals surface area contributed by atoms with Gasteiger partial charge in [0.25, 0.3) is 15.9 Å². The van der Waals surface area contributed by atoms with E-state index in [0.717, 1.165) is 12.8 Å². The van der Waals surface area contributed by atoms with Crippen molar-refractivity contribution in [1.29, 1.82) is 0 Å². The molecule has 0 aliphatic heterocycles. The lowest BCUT2D eigenvalue weighted by Crippen LogP contribution is -2.22. The number of aromatic nitrogens is 1. The molecule has 2 rings (SSSR count). The summed E-state index contributed by atoms with van der Waals surface area (Å²) in [6.45, 7) is 0. The zero-order chi connectivity index (χ0) is 13.3. The molecule has 0 spiro atoms. The number of nitrogens with one attached hydrogen (secondary N) is 1. The Hall–Kier alpha value is -1.67. The summed E-state index contributed by atoms with van der Waals surface area (Å²) in [5.41, 5.74) is -0.0235. The number of ether oxygens (including phenoxy) is 1. The summed E-state index contributed by atoms with van der Waals surface area (Å²) in [4.78, 5) is 15.1. The highest BCUT2D eigenvalue weighted by Crippen LogP contribution is 2.30. The number of hydrogen-bond donors (Lipinski definition) is 2. The lowest BCUT2D eigenvalue weighted by Gasteiger charge is -2.09. The largest absolute Gasteiger partial charge is 0.487 e. The zero-order valence-electron chi connectivity index (χ0n) is 9.71. The molecule has 1 aliphatic rings. The van der Waals surface area contributed by atoms with Gasteiger partial charge in [0.05, 0.1) is 6.10 Å². The van der Waals surface area contributed by atoms with Crippen molar-refractivity contribution in [3.63, 3.8) is 0 Å². The van der Waals surface area contributed by atoms with Crippen LogP contribution in [0.25, 0.3) is 0 Å². The van der Waals surface area contributed by atoms with Crippen molar-refractivity contribution in [1.82, 2.24) is 10.3 Å². The number of rotatable bonds is 4. The van der Waals surface area contributed by atoms with E-state index < -0.39 is 21.0 Å². The van der Waals surface area contributed by atoms with Crippen molar-refractivity contribution in [3.8, 4) is 5.75 Å². The third-order valence-electron chi connectivity index (χ3n) is 2.37. The molecule has 18 heavy (non-hydrogen) atoms. The molecule has 1 aliphatic carbocycles. The van der Waals surface area contributed by atoms with E-state index in [0.29, 0.717) is 0 Å². The summed E-state index contributed by atoms with van der Waals surface area (Å²) in [6.07, 6.45) is 1.76. The van der Waals surface area contributed by atoms with E-state index in [1.807, 2.05) is 0 Å². The van der Waals surface area contributed by atoms with Crippen LogP contribution in [0.3, 0.4) is 0 Å². The lowest BCUT2D eigenvalue weighted by molar-refractivity contribution is 0.0957. The van der Waals surface area contributed by atoms with Crippen LogP contribution >= 0.6 is 0 Å². The molecular formula is C10H13N3O4S. The van der Waals surface area contributed by atoms with Crippen LogP contribution in [0.15, 0.2) is 17.2 Å². The van der Waals surface area contributed by atoms with Gasteiger partial charge in [-0.15, -0.1) is 0 Å². The Morgan fingerprint density at radius 2 is 2.17 bits per heavy atom. The van der Waals surface area contributed by atoms with Crippen molar-refractivity contribution in [3.05, 3.63) is 17.8 Å². The van der Waals surface area contributed by atoms with Gasteiger partial charge < -0.3 is 10.1 Å². The zero-order valence-corrected chi connectivity index (χ0v) is 10.5. The second kappa shape index (κ2) is 4.54. The van der Waals surface area contributed by atoms with Crippen LogP contribution < -0.4 is 15.2 Å². The number of nitrogens with zero attached hydrogens (tertiary/aromatic N) is 1. The molecular weight excluding hydrogens is 258 g/mol. The first-order valence-electron chi connectivity index (χ1n) is 5.34. The molecule has 0 unspecified atom stereocenters. The Labute approximate surface area is 104 Å². The minimum atomic E-state index is -4.03. The molecule has 7 nitrogen and oxygen atoms in total. The normalized spacial score (nSPS) is 15.2. The molecule has 0 atom stereocenters. The van der Waals surface area contributed by atoms with Gasteiger partial charge in [-0.25, -0.2) is 18.5 Å². The van der Waals surface area contributed by atoms with E-state index in [1.54, 1.807) is 0 Å². The van der Waals surface area contributed by atoms with E-state index in [-0.39, 0.29) is 17.5 Å². The highest BCUT2D eigenvalue weighted by molar-refractivity contribution is 7.89. The van der Waals surface area contributed by atoms with E-state index in [2.05, 4.69) is 10.3 Å². The van der Waals surface area contributed by atoms with E-state index >= 15 is 0 Å². The second-order valence-electron chi connectivity index (χ2n) is 3.94. The Balaban J connectivity index is 2.44. The number of sulfonamides is 1. The Morgan fingerprint density at radius 1 is 1.50 bits per heavy atom. The molecule has 1 aromatic heterocycles. The fourth-order valence-corrected chi connectivity index (χ4v) is 1.96. The average molecular weight is 271 g/mol. The minimum Gasteiger partial charge on any atom is -0.487 e. The second-order valence-corrected chi connectivity index (χ2v) is 5.42. The van der Waals surface area contributed by atoms with Gasteiger partial charge in [0.15, 0.2) is 5.75 Å². The fraction of sp³-hybridized carbons (Fsp3) is 0.400. The van der Waals surface area contributed by atoms with Crippen molar-refractivity contribution >= 4 is 15.9 Å². The SMILES string of the molecule is CNC(=O)c1ccc(OC2CC2)c(S(N)(=O)=O)n1. The van der Waals surface area contributed by atoms with Crippen LogP contribution in [-0.2, 0) is 10.0 Å². The molecule has 1 heterocycles. The van der Waals surface area contributed by atoms with Gasteiger partial charge in [-0.2, -0.15) is 0 Å². The number of pyridine rings is 1. The predicted molar refractivity (Wildman–Crippen MR) is 62.7 cm³/mol. The smallest absolute Gasteiger partial charge is 0.269 e. The Bertz CT molecular complexity index is 581. The summed E-state index contributed by atoms with van der Waals surface area (Å²) in [5.74, 6) is -0.398. The Morgan fingerprint density at radius 3 is 2.67 bits per heavy atom. The lowest BCUT2D eigenvalue weighted by atomic mass is 10.3. The van der Waals surface area contributed by atoms with Gasteiger partial charge in [-0.3, -0.25) is 4.79 Å². The van der Waals surface area contributed by atoms with Crippen LogP contribution in [0.2, 0.25) is 0 Å². The predicted octanol–water partition coefficient (Wildman–Crippen LogP) is -0.370. The van der Waals surface area contributed by atoms with Crippen molar-refractivity contribution in [2.45, 2.75) is 24.0 Å². The Kier molecular flexibility index (Phi) is 3.22. The van der Waals surface area contributed by atoms with Crippen LogP contribution in [0.5, 0.6) is 5.75 Å². The van der Waals surface area contributed by atoms with Gasteiger partial charge in [-0.05, 0) is 25.0 Å². The molecule has 98 valence electrons. The number of nitrogens with two attached hydrogens (primary N) is 1. The van der Waals surface area contributed by atoms with Crippen LogP contribution in [0.1, 0.15) is 23.3 Å². The summed E-state index contributed by atoms with van der Waals surface area (Å²) in [7, 11) is -2.61. The van der Waals surface area contributed by atoms with Crippen LogP contribution in [0, 0.1) is 0 Å². The maximum absolute atomic E-state index is 11.4. The molecule has 1 amide bonds. The van der Waals surface area contributed by atoms with E-state index in [4.69, 9.17) is 9.88 Å². The summed E-state index contributed by atoms with van der Waals surface area (Å²) < 4.78 is 28.2. The number of carbonyl (C=O) groups excluding carboxylic acids is 1. The van der Waals surface area contributed by atoms with Crippen molar-refractivity contribution < 1.29 is 17.9 Å². The maximum Gasteiger partial charge on any atom is 0.269 e. The van der Waals surface area contributed by atoms with Gasteiger partial charge >= 0.3 is 0 Å². The molecule has 1 saturated carbocycles. The third-order valence-corrected chi connectivity index (χ3v) is 3.20. The molecule has 0 aromatic carbocycles. The summed E-state index contributed by atoms with van der Waals surface area (Å²) >= 11 is 0. The fourth-order valence-electron chi connectivity index (χ4n) is 1.34. The molecule has 3 N–H and O–H groups in total. The average Bonchev–Trinajstić information content (AvgIpc) is 3.11. The van der Waals surface area contributed by atoms with Gasteiger partial charge in [0.2, 0.25) is 5.03 Å². The topological polar surface area (TPSA) is 111 Å². The van der Waals surface area contributed by atoms with Crippen molar-refractivity contribution in [2.75, 3.05) is 7.05 Å². The summed E-state index contributed by atoms with van der Waals surface area (Å²) in [5, 5.41) is 7.01. The first-order chi connectivity index (χ1) is 8.41. The first kappa shape index (κ1) is 12.8. The summed E-state index contributed by atoms with van der Waals surface area (Å²) in [6, 6.07) is 2.79. The van der Waals surface area contributed by atoms with Crippen LogP contribution in [0.4, 0.5) is 0 Å². The van der Waals surface area contributed by atoms with E-state index in [1.165, 1.54) is 19.2 Å². The molecule has 0 bridgehead atoms. The number of amides is 1. The molecule has 1 aromatic rings. The number of hydrogen-bond acceptors (Lipinski definition) is 5. The quantitative estimate of drug-likeness (QED) is 0.776. The van der Waals surface area contributed by atoms with Gasteiger partial charge in [0.1, 0.15) is 5.69 Å². The minimum absolute atomic E-state index is 0.0122. The standard InChI is InChI=1S/C10H13N3O4S/c1-12-9(14)7-4-5-8(17-6-2-3-6)10(13-7)18(11,15)16/h4-6H,2-3H2,1H3,(H,12,14)(H2,11,15,16). The highest BCUT2D eigenvalue weighted by Gasteiger charge is 2.28. The number of primary sulfonamides is 1. The van der Waals surface area contributed by atoms with Gasteiger partial charge in [0, 0.05) is 7.05 Å². The molecule has 1 fully saturated rings. The first-order valence-corrected chi connectivity index (χ1v) is 6.89. The molecule has 8 heteroatoms. The molecule has 0 radical (unpaired) electrons. The van der Waals surface area contributed by atoms with Gasteiger partial charge in [-0.1, -0.05) is 0 Å². The number of carbonyl (C=O) groups is 1. The van der Waals surface area contributed by atoms with Crippen molar-refractivity contribution in [2.24, 2.45) is 5.14 Å². The highest BCUT2D eigenvalue weighted by atomic mass is 32.2.